The molecule has 3 nitrogen and oxygen atoms in total. The topological polar surface area (TPSA) is 57.5 Å². The first-order valence-electron chi connectivity index (χ1n) is 9.41. The standard InChI is InChI=1S/C21H28O3/c1-4-20(23)9-7-16-18-13(2)11-14-12-15(22)5-10-21(14,24)17(18)6-8-19(16,20)3/h1,12-13,16-18,23-24H,5-11H2,2-3H3/t13-,16+,17+,18+,19+,20+,21?/m1/s1. The number of fused-ring (bicyclic) bond motifs is 5. The van der Waals surface area contributed by atoms with Crippen molar-refractivity contribution in [2.45, 2.75) is 70.0 Å². The predicted octanol–water partition coefficient (Wildman–Crippen LogP) is 2.85. The second-order valence-corrected chi connectivity index (χ2v) is 9.03. The lowest BCUT2D eigenvalue weighted by Crippen LogP contribution is -2.59. The Hall–Kier alpha value is -1.11. The van der Waals surface area contributed by atoms with Gasteiger partial charge in [0.2, 0.25) is 0 Å². The molecule has 1 unspecified atom stereocenters. The third-order valence-electron chi connectivity index (χ3n) is 8.18. The summed E-state index contributed by atoms with van der Waals surface area (Å²) in [5.41, 5.74) is -1.12. The Balaban J connectivity index is 1.75. The highest BCUT2D eigenvalue weighted by Gasteiger charge is 2.65. The average molecular weight is 328 g/mol. The number of terminal acetylenes is 1. The van der Waals surface area contributed by atoms with Gasteiger partial charge in [-0.3, -0.25) is 4.79 Å². The number of aliphatic hydroxyl groups is 2. The van der Waals surface area contributed by atoms with Gasteiger partial charge in [0.1, 0.15) is 5.60 Å². The van der Waals surface area contributed by atoms with Gasteiger partial charge in [0.25, 0.3) is 0 Å². The molecule has 0 aromatic rings. The smallest absolute Gasteiger partial charge is 0.155 e. The molecule has 2 N–H and O–H groups in total. The van der Waals surface area contributed by atoms with Crippen LogP contribution >= 0.6 is 0 Å². The van der Waals surface area contributed by atoms with E-state index in [4.69, 9.17) is 6.42 Å². The van der Waals surface area contributed by atoms with Crippen molar-refractivity contribution < 1.29 is 15.0 Å². The van der Waals surface area contributed by atoms with Crippen molar-refractivity contribution in [3.05, 3.63) is 11.6 Å². The molecule has 3 saturated carbocycles. The third kappa shape index (κ3) is 1.85. The maximum Gasteiger partial charge on any atom is 0.155 e. The number of rotatable bonds is 0. The molecule has 0 amide bonds. The quantitative estimate of drug-likeness (QED) is 0.672. The first-order chi connectivity index (χ1) is 11.2. The molecule has 4 aliphatic carbocycles. The van der Waals surface area contributed by atoms with Gasteiger partial charge in [0, 0.05) is 11.8 Å². The van der Waals surface area contributed by atoms with Crippen LogP contribution < -0.4 is 0 Å². The molecule has 0 saturated heterocycles. The number of carbonyl (C=O) groups is 1. The molecule has 0 aromatic heterocycles. The van der Waals surface area contributed by atoms with Gasteiger partial charge in [0.05, 0.1) is 5.60 Å². The minimum atomic E-state index is -1.01. The summed E-state index contributed by atoms with van der Waals surface area (Å²) in [5, 5.41) is 22.5. The highest BCUT2D eigenvalue weighted by molar-refractivity contribution is 5.92. The Morgan fingerprint density at radius 2 is 1.92 bits per heavy atom. The van der Waals surface area contributed by atoms with Crippen molar-refractivity contribution >= 4 is 5.78 Å². The van der Waals surface area contributed by atoms with E-state index in [2.05, 4.69) is 19.8 Å². The summed E-state index contributed by atoms with van der Waals surface area (Å²) in [7, 11) is 0. The highest BCUT2D eigenvalue weighted by Crippen LogP contribution is 2.66. The van der Waals surface area contributed by atoms with Crippen LogP contribution in [0, 0.1) is 41.4 Å². The normalized spacial score (nSPS) is 53.5. The van der Waals surface area contributed by atoms with Gasteiger partial charge in [0.15, 0.2) is 5.78 Å². The Morgan fingerprint density at radius 1 is 1.21 bits per heavy atom. The van der Waals surface area contributed by atoms with E-state index in [1.165, 1.54) is 0 Å². The molecular formula is C21H28O3. The molecule has 3 fully saturated rings. The summed E-state index contributed by atoms with van der Waals surface area (Å²) < 4.78 is 0. The van der Waals surface area contributed by atoms with Crippen molar-refractivity contribution in [1.29, 1.82) is 0 Å². The monoisotopic (exact) mass is 328 g/mol. The maximum absolute atomic E-state index is 11.8. The molecule has 4 aliphatic rings. The van der Waals surface area contributed by atoms with Crippen LogP contribution in [0.3, 0.4) is 0 Å². The van der Waals surface area contributed by atoms with E-state index in [0.29, 0.717) is 37.0 Å². The van der Waals surface area contributed by atoms with E-state index in [1.807, 2.05) is 0 Å². The largest absolute Gasteiger partial charge is 0.385 e. The molecule has 3 heteroatoms. The van der Waals surface area contributed by atoms with E-state index in [1.54, 1.807) is 6.08 Å². The summed E-state index contributed by atoms with van der Waals surface area (Å²) in [6.07, 6.45) is 12.6. The molecule has 0 aliphatic heterocycles. The maximum atomic E-state index is 11.8. The molecule has 0 aromatic carbocycles. The van der Waals surface area contributed by atoms with Gasteiger partial charge >= 0.3 is 0 Å². The van der Waals surface area contributed by atoms with Crippen LogP contribution in [0.5, 0.6) is 0 Å². The number of hydrogen-bond acceptors (Lipinski definition) is 3. The zero-order valence-electron chi connectivity index (χ0n) is 14.7. The SMILES string of the molecule is C#C[C@]1(O)CC[C@H]2[C@@H]3[C@H](C)CC4=CC(=O)CCC4(O)[C@H]3CC[C@@]21C. The van der Waals surface area contributed by atoms with Crippen molar-refractivity contribution in [3.63, 3.8) is 0 Å². The fourth-order valence-corrected chi connectivity index (χ4v) is 6.81. The predicted molar refractivity (Wildman–Crippen MR) is 91.9 cm³/mol. The fourth-order valence-electron chi connectivity index (χ4n) is 6.81. The molecule has 0 radical (unpaired) electrons. The number of carbonyl (C=O) groups excluding carboxylic acids is 1. The molecule has 7 atom stereocenters. The molecule has 24 heavy (non-hydrogen) atoms. The molecule has 0 spiro atoms. The molecule has 0 heterocycles. The summed E-state index contributed by atoms with van der Waals surface area (Å²) >= 11 is 0. The third-order valence-corrected chi connectivity index (χ3v) is 8.18. The molecule has 4 rings (SSSR count). The van der Waals surface area contributed by atoms with Crippen molar-refractivity contribution in [1.82, 2.24) is 0 Å². The van der Waals surface area contributed by atoms with Crippen molar-refractivity contribution in [2.24, 2.45) is 29.1 Å². The van der Waals surface area contributed by atoms with Crippen molar-refractivity contribution in [3.8, 4) is 12.3 Å². The first-order valence-corrected chi connectivity index (χ1v) is 9.41. The minimum absolute atomic E-state index is 0.156. The number of ketones is 1. The van der Waals surface area contributed by atoms with Gasteiger partial charge in [-0.25, -0.2) is 0 Å². The number of hydrogen-bond donors (Lipinski definition) is 2. The Bertz CT molecular complexity index is 658. The van der Waals surface area contributed by atoms with E-state index < -0.39 is 11.2 Å². The molecule has 0 bridgehead atoms. The lowest BCUT2D eigenvalue weighted by Gasteiger charge is -2.59. The first kappa shape index (κ1) is 16.4. The van der Waals surface area contributed by atoms with Crippen LogP contribution in [-0.4, -0.2) is 27.2 Å². The van der Waals surface area contributed by atoms with E-state index in [9.17, 15) is 15.0 Å². The van der Waals surface area contributed by atoms with Gasteiger partial charge in [-0.2, -0.15) is 0 Å². The van der Waals surface area contributed by atoms with Gasteiger partial charge in [-0.1, -0.05) is 19.8 Å². The van der Waals surface area contributed by atoms with Gasteiger partial charge < -0.3 is 10.2 Å². The lowest BCUT2D eigenvalue weighted by molar-refractivity contribution is -0.148. The van der Waals surface area contributed by atoms with E-state index >= 15 is 0 Å². The van der Waals surface area contributed by atoms with Crippen molar-refractivity contribution in [2.75, 3.05) is 0 Å². The average Bonchev–Trinajstić information content (AvgIpc) is 2.82. The summed E-state index contributed by atoms with van der Waals surface area (Å²) in [4.78, 5) is 11.8. The Labute approximate surface area is 144 Å². The minimum Gasteiger partial charge on any atom is -0.385 e. The van der Waals surface area contributed by atoms with E-state index in [-0.39, 0.29) is 17.1 Å². The zero-order valence-corrected chi connectivity index (χ0v) is 14.7. The zero-order chi connectivity index (χ0) is 17.3. The summed E-state index contributed by atoms with van der Waals surface area (Å²) in [6.45, 7) is 4.41. The van der Waals surface area contributed by atoms with Crippen LogP contribution in [0.4, 0.5) is 0 Å². The van der Waals surface area contributed by atoms with Crippen LogP contribution in [0.1, 0.15) is 58.8 Å². The van der Waals surface area contributed by atoms with Crippen LogP contribution in [0.15, 0.2) is 11.6 Å². The van der Waals surface area contributed by atoms with Gasteiger partial charge in [-0.15, -0.1) is 6.42 Å². The van der Waals surface area contributed by atoms with Crippen LogP contribution in [0.25, 0.3) is 0 Å². The highest BCUT2D eigenvalue weighted by atomic mass is 16.3. The van der Waals surface area contributed by atoms with Crippen LogP contribution in [0.2, 0.25) is 0 Å². The molecule has 130 valence electrons. The van der Waals surface area contributed by atoms with E-state index in [0.717, 1.165) is 31.3 Å². The fraction of sp³-hybridized carbons (Fsp3) is 0.762. The lowest BCUT2D eigenvalue weighted by atomic mass is 9.47. The summed E-state index contributed by atoms with van der Waals surface area (Å²) in [5.74, 6) is 4.20. The summed E-state index contributed by atoms with van der Waals surface area (Å²) in [6, 6.07) is 0. The van der Waals surface area contributed by atoms with Gasteiger partial charge in [-0.05, 0) is 73.8 Å². The second kappa shape index (κ2) is 4.96. The molecular weight excluding hydrogens is 300 g/mol. The Morgan fingerprint density at radius 3 is 2.62 bits per heavy atom. The van der Waals surface area contributed by atoms with Crippen LogP contribution in [-0.2, 0) is 4.79 Å². The second-order valence-electron chi connectivity index (χ2n) is 9.03. The Kier molecular flexibility index (Phi) is 3.38.